The van der Waals surface area contributed by atoms with Crippen LogP contribution in [0.2, 0.25) is 0 Å². The normalized spacial score (nSPS) is 31.2. The van der Waals surface area contributed by atoms with E-state index in [4.69, 9.17) is 8.92 Å². The van der Waals surface area contributed by atoms with E-state index in [-0.39, 0.29) is 11.5 Å². The first kappa shape index (κ1) is 15.4. The summed E-state index contributed by atoms with van der Waals surface area (Å²) in [4.78, 5) is -0.109. The Hall–Kier alpha value is -1.03. The second-order valence-electron chi connectivity index (χ2n) is 4.61. The van der Waals surface area contributed by atoms with Crippen molar-refractivity contribution in [2.45, 2.75) is 36.4 Å². The van der Waals surface area contributed by atoms with E-state index in [2.05, 4.69) is 0 Å². The minimum atomic E-state index is -4.18. The molecular formula is C12H16O7S. The molecule has 0 aliphatic carbocycles. The van der Waals surface area contributed by atoms with E-state index in [0.717, 1.165) is 5.56 Å². The van der Waals surface area contributed by atoms with Gasteiger partial charge in [0.1, 0.15) is 12.2 Å². The molecule has 0 saturated carbocycles. The fourth-order valence-corrected chi connectivity index (χ4v) is 2.87. The molecule has 20 heavy (non-hydrogen) atoms. The second kappa shape index (κ2) is 5.76. The van der Waals surface area contributed by atoms with Crippen LogP contribution in [0.5, 0.6) is 0 Å². The van der Waals surface area contributed by atoms with Crippen molar-refractivity contribution in [1.82, 2.24) is 0 Å². The minimum Gasteiger partial charge on any atom is -0.388 e. The molecular weight excluding hydrogens is 288 g/mol. The zero-order chi connectivity index (χ0) is 14.9. The maximum absolute atomic E-state index is 12.0. The summed E-state index contributed by atoms with van der Waals surface area (Å²) >= 11 is 0. The lowest BCUT2D eigenvalue weighted by molar-refractivity contribution is -0.244. The van der Waals surface area contributed by atoms with Gasteiger partial charge in [0.2, 0.25) is 0 Å². The summed E-state index contributed by atoms with van der Waals surface area (Å²) in [6.07, 6.45) is -6.09. The van der Waals surface area contributed by atoms with Crippen molar-refractivity contribution in [3.63, 3.8) is 0 Å². The topological polar surface area (TPSA) is 113 Å². The van der Waals surface area contributed by atoms with Gasteiger partial charge in [-0.2, -0.15) is 8.42 Å². The van der Waals surface area contributed by atoms with Crippen LogP contribution in [0.1, 0.15) is 5.56 Å². The molecule has 1 fully saturated rings. The Bertz CT molecular complexity index is 554. The van der Waals surface area contributed by atoms with Crippen molar-refractivity contribution in [2.75, 3.05) is 6.61 Å². The molecule has 1 aliphatic rings. The number of aryl methyl sites for hydroxylation is 1. The quantitative estimate of drug-likeness (QED) is 0.623. The van der Waals surface area contributed by atoms with Gasteiger partial charge in [0, 0.05) is 0 Å². The maximum atomic E-state index is 12.0. The van der Waals surface area contributed by atoms with Gasteiger partial charge in [-0.1, -0.05) is 17.7 Å². The van der Waals surface area contributed by atoms with Crippen LogP contribution in [-0.2, 0) is 19.0 Å². The van der Waals surface area contributed by atoms with E-state index in [9.17, 15) is 23.7 Å². The highest BCUT2D eigenvalue weighted by atomic mass is 32.2. The molecule has 1 saturated heterocycles. The Morgan fingerprint density at radius 2 is 1.80 bits per heavy atom. The lowest BCUT2D eigenvalue weighted by Gasteiger charge is -2.34. The molecule has 1 heterocycles. The number of hydrogen-bond acceptors (Lipinski definition) is 7. The minimum absolute atomic E-state index is 0.109. The van der Waals surface area contributed by atoms with Crippen LogP contribution in [0.3, 0.4) is 0 Å². The predicted octanol–water partition coefficient (Wildman–Crippen LogP) is -0.861. The molecule has 0 aromatic heterocycles. The van der Waals surface area contributed by atoms with Crippen LogP contribution in [0.25, 0.3) is 0 Å². The Morgan fingerprint density at radius 1 is 1.20 bits per heavy atom. The number of ether oxygens (including phenoxy) is 1. The third-order valence-corrected chi connectivity index (χ3v) is 4.32. The molecule has 1 aliphatic heterocycles. The number of aliphatic hydroxyl groups is 3. The molecule has 0 amide bonds. The highest BCUT2D eigenvalue weighted by Gasteiger charge is 2.41. The molecule has 112 valence electrons. The summed E-state index contributed by atoms with van der Waals surface area (Å²) in [5, 5.41) is 28.6. The van der Waals surface area contributed by atoms with Gasteiger partial charge < -0.3 is 20.1 Å². The standard InChI is InChI=1S/C12H16O7S/c1-7-2-4-8(5-3-7)20(16,17)19-11-10(14)9(13)6-18-12(11)15/h2-5,9-15H,6H2,1H3/t9-,10-,11+,12+/m1/s1. The van der Waals surface area contributed by atoms with Gasteiger partial charge in [0.25, 0.3) is 10.1 Å². The first-order chi connectivity index (χ1) is 9.31. The van der Waals surface area contributed by atoms with Gasteiger partial charge in [-0.25, -0.2) is 0 Å². The van der Waals surface area contributed by atoms with Crippen molar-refractivity contribution in [1.29, 1.82) is 0 Å². The summed E-state index contributed by atoms with van der Waals surface area (Å²) in [6.45, 7) is 1.50. The van der Waals surface area contributed by atoms with E-state index in [0.29, 0.717) is 0 Å². The second-order valence-corrected chi connectivity index (χ2v) is 6.18. The fourth-order valence-electron chi connectivity index (χ4n) is 1.79. The van der Waals surface area contributed by atoms with E-state index in [1.54, 1.807) is 19.1 Å². The predicted molar refractivity (Wildman–Crippen MR) is 67.2 cm³/mol. The molecule has 2 rings (SSSR count). The van der Waals surface area contributed by atoms with Crippen LogP contribution >= 0.6 is 0 Å². The molecule has 1 aromatic rings. The van der Waals surface area contributed by atoms with Crippen molar-refractivity contribution in [2.24, 2.45) is 0 Å². The van der Waals surface area contributed by atoms with Gasteiger partial charge in [-0.15, -0.1) is 0 Å². The molecule has 0 unspecified atom stereocenters. The third-order valence-electron chi connectivity index (χ3n) is 3.00. The van der Waals surface area contributed by atoms with E-state index >= 15 is 0 Å². The summed E-state index contributed by atoms with van der Waals surface area (Å²) in [5.41, 5.74) is 0.875. The van der Waals surface area contributed by atoms with E-state index in [1.165, 1.54) is 12.1 Å². The summed E-state index contributed by atoms with van der Waals surface area (Å²) in [6, 6.07) is 5.89. The zero-order valence-corrected chi connectivity index (χ0v) is 11.5. The monoisotopic (exact) mass is 304 g/mol. The third kappa shape index (κ3) is 3.17. The number of hydrogen-bond donors (Lipinski definition) is 3. The summed E-state index contributed by atoms with van der Waals surface area (Å²) < 4.78 is 33.6. The lowest BCUT2D eigenvalue weighted by atomic mass is 10.1. The average molecular weight is 304 g/mol. The van der Waals surface area contributed by atoms with Crippen LogP contribution < -0.4 is 0 Å². The highest BCUT2D eigenvalue weighted by Crippen LogP contribution is 2.22. The average Bonchev–Trinajstić information content (AvgIpc) is 2.40. The van der Waals surface area contributed by atoms with Crippen molar-refractivity contribution in [3.8, 4) is 0 Å². The first-order valence-electron chi connectivity index (χ1n) is 5.97. The Kier molecular flexibility index (Phi) is 4.43. The molecule has 1 aromatic carbocycles. The largest absolute Gasteiger partial charge is 0.388 e. The molecule has 0 radical (unpaired) electrons. The SMILES string of the molecule is Cc1ccc(S(=O)(=O)O[C@H]2[C@H](O)[C@H](O)CO[C@@H]2O)cc1. The number of rotatable bonds is 3. The van der Waals surface area contributed by atoms with Crippen LogP contribution in [0.15, 0.2) is 29.2 Å². The van der Waals surface area contributed by atoms with Crippen LogP contribution in [-0.4, -0.2) is 54.9 Å². The van der Waals surface area contributed by atoms with Gasteiger partial charge >= 0.3 is 0 Å². The zero-order valence-electron chi connectivity index (χ0n) is 10.7. The summed E-state index contributed by atoms with van der Waals surface area (Å²) in [7, 11) is -4.18. The number of benzene rings is 1. The van der Waals surface area contributed by atoms with Crippen LogP contribution in [0.4, 0.5) is 0 Å². The molecule has 7 nitrogen and oxygen atoms in total. The maximum Gasteiger partial charge on any atom is 0.297 e. The van der Waals surface area contributed by atoms with Crippen LogP contribution in [0, 0.1) is 6.92 Å². The molecule has 3 N–H and O–H groups in total. The van der Waals surface area contributed by atoms with Crippen molar-refractivity contribution >= 4 is 10.1 Å². The van der Waals surface area contributed by atoms with Gasteiger partial charge in [-0.3, -0.25) is 4.18 Å². The Labute approximate surface area is 116 Å². The molecule has 8 heteroatoms. The van der Waals surface area contributed by atoms with Gasteiger partial charge in [0.15, 0.2) is 12.4 Å². The first-order valence-corrected chi connectivity index (χ1v) is 7.38. The molecule has 0 spiro atoms. The van der Waals surface area contributed by atoms with E-state index < -0.39 is 34.7 Å². The van der Waals surface area contributed by atoms with Gasteiger partial charge in [0.05, 0.1) is 11.5 Å². The van der Waals surface area contributed by atoms with Gasteiger partial charge in [-0.05, 0) is 19.1 Å². The summed E-state index contributed by atoms with van der Waals surface area (Å²) in [5.74, 6) is 0. The highest BCUT2D eigenvalue weighted by molar-refractivity contribution is 7.86. The van der Waals surface area contributed by atoms with E-state index in [1.807, 2.05) is 0 Å². The van der Waals surface area contributed by atoms with Crippen molar-refractivity contribution < 1.29 is 32.7 Å². The Morgan fingerprint density at radius 3 is 2.40 bits per heavy atom. The molecule has 0 bridgehead atoms. The number of aliphatic hydroxyl groups excluding tert-OH is 3. The molecule has 4 atom stereocenters. The lowest BCUT2D eigenvalue weighted by Crippen LogP contribution is -2.54. The Balaban J connectivity index is 2.20. The fraction of sp³-hybridized carbons (Fsp3) is 0.500. The van der Waals surface area contributed by atoms with Crippen molar-refractivity contribution in [3.05, 3.63) is 29.8 Å². The smallest absolute Gasteiger partial charge is 0.297 e.